The maximum absolute atomic E-state index is 12.0. The van der Waals surface area contributed by atoms with Crippen LogP contribution in [0.1, 0.15) is 25.8 Å². The van der Waals surface area contributed by atoms with Crippen molar-refractivity contribution in [3.63, 3.8) is 0 Å². The van der Waals surface area contributed by atoms with Gasteiger partial charge in [-0.3, -0.25) is 0 Å². The van der Waals surface area contributed by atoms with Gasteiger partial charge in [0.25, 0.3) is 0 Å². The topological polar surface area (TPSA) is 46.2 Å². The van der Waals surface area contributed by atoms with Crippen molar-refractivity contribution in [2.45, 2.75) is 30.9 Å². The molecule has 0 radical (unpaired) electrons. The highest BCUT2D eigenvalue weighted by atomic mass is 35.5. The van der Waals surface area contributed by atoms with Crippen LogP contribution >= 0.6 is 11.6 Å². The Morgan fingerprint density at radius 1 is 1.32 bits per heavy atom. The maximum atomic E-state index is 12.0. The molecule has 0 aliphatic carbocycles. The molecule has 3 nitrogen and oxygen atoms in total. The van der Waals surface area contributed by atoms with Crippen LogP contribution in [0, 0.1) is 0 Å². The van der Waals surface area contributed by atoms with Gasteiger partial charge in [-0.2, -0.15) is 0 Å². The van der Waals surface area contributed by atoms with Gasteiger partial charge in [-0.15, -0.1) is 0 Å². The SMILES string of the molecule is CC(C)S(=O)(=O)CCC1(c2ccccc2Cl)CNC1. The van der Waals surface area contributed by atoms with Crippen molar-refractivity contribution in [1.29, 1.82) is 0 Å². The second-order valence-corrected chi connectivity index (χ2v) is 8.61. The Morgan fingerprint density at radius 3 is 2.42 bits per heavy atom. The van der Waals surface area contributed by atoms with Crippen LogP contribution in [0.5, 0.6) is 0 Å². The van der Waals surface area contributed by atoms with Crippen molar-refractivity contribution in [1.82, 2.24) is 5.32 Å². The van der Waals surface area contributed by atoms with Crippen molar-refractivity contribution in [3.05, 3.63) is 34.9 Å². The van der Waals surface area contributed by atoms with E-state index in [1.807, 2.05) is 24.3 Å². The number of nitrogens with one attached hydrogen (secondary N) is 1. The molecular weight excluding hydrogens is 282 g/mol. The van der Waals surface area contributed by atoms with Crippen LogP contribution in [-0.4, -0.2) is 32.5 Å². The Morgan fingerprint density at radius 2 is 1.95 bits per heavy atom. The first-order chi connectivity index (χ1) is 8.87. The van der Waals surface area contributed by atoms with E-state index in [-0.39, 0.29) is 16.4 Å². The first kappa shape index (κ1) is 14.8. The van der Waals surface area contributed by atoms with Gasteiger partial charge in [0.2, 0.25) is 0 Å². The van der Waals surface area contributed by atoms with Crippen molar-refractivity contribution < 1.29 is 8.42 Å². The van der Waals surface area contributed by atoms with E-state index in [0.717, 1.165) is 23.7 Å². The van der Waals surface area contributed by atoms with E-state index in [1.54, 1.807) is 13.8 Å². The van der Waals surface area contributed by atoms with Crippen molar-refractivity contribution in [2.75, 3.05) is 18.8 Å². The summed E-state index contributed by atoms with van der Waals surface area (Å²) < 4.78 is 24.0. The average molecular weight is 302 g/mol. The molecule has 0 unspecified atom stereocenters. The van der Waals surface area contributed by atoms with E-state index in [2.05, 4.69) is 5.32 Å². The van der Waals surface area contributed by atoms with Gasteiger partial charge in [-0.05, 0) is 31.9 Å². The molecule has 0 aromatic heterocycles. The lowest BCUT2D eigenvalue weighted by molar-refractivity contribution is 0.268. The maximum Gasteiger partial charge on any atom is 0.152 e. The zero-order chi connectivity index (χ0) is 14.1. The quantitative estimate of drug-likeness (QED) is 0.908. The first-order valence-electron chi connectivity index (χ1n) is 6.55. The summed E-state index contributed by atoms with van der Waals surface area (Å²) in [5, 5.41) is 3.65. The molecule has 106 valence electrons. The Balaban J connectivity index is 2.19. The molecule has 1 aliphatic heterocycles. The molecule has 1 N–H and O–H groups in total. The molecule has 1 heterocycles. The van der Waals surface area contributed by atoms with Crippen molar-refractivity contribution in [3.8, 4) is 0 Å². The summed E-state index contributed by atoms with van der Waals surface area (Å²) in [7, 11) is -3.00. The number of rotatable bonds is 5. The highest BCUT2D eigenvalue weighted by Gasteiger charge is 2.40. The standard InChI is InChI=1S/C14H20ClNO2S/c1-11(2)19(17,18)8-7-14(9-16-10-14)12-5-3-4-6-13(12)15/h3-6,11,16H,7-10H2,1-2H3. The summed E-state index contributed by atoms with van der Waals surface area (Å²) in [6.45, 7) is 5.06. The Labute approximate surface area is 120 Å². The third-order valence-electron chi connectivity index (χ3n) is 3.96. The fraction of sp³-hybridized carbons (Fsp3) is 0.571. The summed E-state index contributed by atoms with van der Waals surface area (Å²) in [4.78, 5) is 0. The van der Waals surface area contributed by atoms with Gasteiger partial charge >= 0.3 is 0 Å². The number of hydrogen-bond donors (Lipinski definition) is 1. The lowest BCUT2D eigenvalue weighted by Gasteiger charge is -2.44. The smallest absolute Gasteiger partial charge is 0.152 e. The van der Waals surface area contributed by atoms with Crippen molar-refractivity contribution >= 4 is 21.4 Å². The molecule has 0 saturated carbocycles. The monoisotopic (exact) mass is 301 g/mol. The lowest BCUT2D eigenvalue weighted by atomic mass is 9.73. The van der Waals surface area contributed by atoms with Gasteiger partial charge in [0.1, 0.15) is 0 Å². The van der Waals surface area contributed by atoms with Gasteiger partial charge in [-0.1, -0.05) is 29.8 Å². The fourth-order valence-corrected chi connectivity index (χ4v) is 3.88. The number of hydrogen-bond acceptors (Lipinski definition) is 3. The van der Waals surface area contributed by atoms with Crippen LogP contribution in [0.25, 0.3) is 0 Å². The van der Waals surface area contributed by atoms with Crippen LogP contribution < -0.4 is 5.32 Å². The van der Waals surface area contributed by atoms with Crippen LogP contribution in [0.2, 0.25) is 5.02 Å². The molecule has 0 bridgehead atoms. The van der Waals surface area contributed by atoms with Gasteiger partial charge in [0.15, 0.2) is 9.84 Å². The number of benzene rings is 1. The van der Waals surface area contributed by atoms with Gasteiger partial charge in [0, 0.05) is 23.5 Å². The number of sulfone groups is 1. The van der Waals surface area contributed by atoms with Crippen LogP contribution in [0.4, 0.5) is 0 Å². The molecule has 2 rings (SSSR count). The van der Waals surface area contributed by atoms with E-state index < -0.39 is 9.84 Å². The minimum absolute atomic E-state index is 0.125. The van der Waals surface area contributed by atoms with E-state index in [0.29, 0.717) is 6.42 Å². The second-order valence-electron chi connectivity index (χ2n) is 5.53. The molecule has 1 aromatic rings. The second kappa shape index (κ2) is 5.43. The molecule has 5 heteroatoms. The van der Waals surface area contributed by atoms with Crippen LogP contribution in [-0.2, 0) is 15.3 Å². The average Bonchev–Trinajstić information content (AvgIpc) is 2.29. The fourth-order valence-electron chi connectivity index (χ4n) is 2.39. The normalized spacial score (nSPS) is 18.3. The predicted molar refractivity (Wildman–Crippen MR) is 79.5 cm³/mol. The molecular formula is C14H20ClNO2S. The summed E-state index contributed by atoms with van der Waals surface area (Å²) in [6, 6.07) is 7.73. The van der Waals surface area contributed by atoms with E-state index in [1.165, 1.54) is 0 Å². The highest BCUT2D eigenvalue weighted by Crippen LogP contribution is 2.37. The van der Waals surface area contributed by atoms with Gasteiger partial charge in [0.05, 0.1) is 11.0 Å². The summed E-state index contributed by atoms with van der Waals surface area (Å²) in [5.74, 6) is 0.220. The lowest BCUT2D eigenvalue weighted by Crippen LogP contribution is -2.57. The zero-order valence-corrected chi connectivity index (χ0v) is 12.9. The minimum atomic E-state index is -3.00. The van der Waals surface area contributed by atoms with Crippen LogP contribution in [0.3, 0.4) is 0 Å². The summed E-state index contributed by atoms with van der Waals surface area (Å²) in [5.41, 5.74) is 0.940. The molecule has 1 fully saturated rings. The van der Waals surface area contributed by atoms with Gasteiger partial charge in [-0.25, -0.2) is 8.42 Å². The molecule has 0 atom stereocenters. The molecule has 1 aromatic carbocycles. The molecule has 1 saturated heterocycles. The minimum Gasteiger partial charge on any atom is -0.315 e. The van der Waals surface area contributed by atoms with E-state index >= 15 is 0 Å². The third-order valence-corrected chi connectivity index (χ3v) is 6.49. The molecule has 0 spiro atoms. The van der Waals surface area contributed by atoms with E-state index in [4.69, 9.17) is 11.6 Å². The van der Waals surface area contributed by atoms with Crippen molar-refractivity contribution in [2.24, 2.45) is 0 Å². The van der Waals surface area contributed by atoms with Crippen LogP contribution in [0.15, 0.2) is 24.3 Å². The summed E-state index contributed by atoms with van der Waals surface area (Å²) in [6.07, 6.45) is 0.629. The third kappa shape index (κ3) is 2.96. The van der Waals surface area contributed by atoms with E-state index in [9.17, 15) is 8.42 Å². The largest absolute Gasteiger partial charge is 0.315 e. The Kier molecular flexibility index (Phi) is 4.23. The Hall–Kier alpha value is -0.580. The molecule has 1 aliphatic rings. The Bertz CT molecular complexity index is 550. The molecule has 0 amide bonds. The first-order valence-corrected chi connectivity index (χ1v) is 8.64. The number of halogens is 1. The highest BCUT2D eigenvalue weighted by molar-refractivity contribution is 7.91. The van der Waals surface area contributed by atoms with Gasteiger partial charge < -0.3 is 5.32 Å². The predicted octanol–water partition coefficient (Wildman–Crippen LogP) is 2.39. The zero-order valence-electron chi connectivity index (χ0n) is 11.3. The summed E-state index contributed by atoms with van der Waals surface area (Å²) >= 11 is 6.26. The molecule has 19 heavy (non-hydrogen) atoms.